The maximum Gasteiger partial charge on any atom is 0.289 e. The predicted molar refractivity (Wildman–Crippen MR) is 139 cm³/mol. The van der Waals surface area contributed by atoms with Crippen LogP contribution >= 0.6 is 0 Å². The number of H-pyrrole nitrogens is 2. The first-order chi connectivity index (χ1) is 17.6. The number of benzene rings is 3. The highest BCUT2D eigenvalue weighted by Gasteiger charge is 2.13. The Bertz CT molecular complexity index is 1540. The minimum absolute atomic E-state index is 0.293. The van der Waals surface area contributed by atoms with Crippen LogP contribution in [-0.4, -0.2) is 34.4 Å². The first-order valence-corrected chi connectivity index (χ1v) is 11.4. The Labute approximate surface area is 208 Å². The molecule has 5 rings (SSSR count). The van der Waals surface area contributed by atoms with Crippen LogP contribution in [0.5, 0.6) is 11.5 Å². The number of methoxy groups -OCH3 is 1. The van der Waals surface area contributed by atoms with Gasteiger partial charge in [0, 0.05) is 27.7 Å². The number of rotatable bonds is 8. The van der Waals surface area contributed by atoms with Gasteiger partial charge in [-0.1, -0.05) is 48.5 Å². The number of nitrogens with zero attached hydrogens (tertiary/aromatic N) is 2. The van der Waals surface area contributed by atoms with Crippen molar-refractivity contribution in [3.05, 3.63) is 101 Å². The van der Waals surface area contributed by atoms with Crippen LogP contribution in [0.3, 0.4) is 0 Å². The van der Waals surface area contributed by atoms with Crippen LogP contribution < -0.4 is 14.9 Å². The number of aryl methyl sites for hydroxylation is 1. The van der Waals surface area contributed by atoms with Gasteiger partial charge in [0.05, 0.1) is 19.0 Å². The number of fused-ring (bicyclic) bond motifs is 1. The smallest absolute Gasteiger partial charge is 0.289 e. The van der Waals surface area contributed by atoms with E-state index in [0.29, 0.717) is 29.5 Å². The molecule has 0 saturated carbocycles. The molecule has 5 aromatic rings. The van der Waals surface area contributed by atoms with Gasteiger partial charge in [-0.05, 0) is 42.8 Å². The lowest BCUT2D eigenvalue weighted by Gasteiger charge is -2.11. The number of para-hydroxylation sites is 1. The van der Waals surface area contributed by atoms with Crippen LogP contribution in [0.1, 0.15) is 27.3 Å². The van der Waals surface area contributed by atoms with Crippen molar-refractivity contribution in [2.24, 2.45) is 5.10 Å². The third-order valence-corrected chi connectivity index (χ3v) is 5.82. The normalized spacial score (nSPS) is 11.2. The van der Waals surface area contributed by atoms with Gasteiger partial charge < -0.3 is 14.5 Å². The third kappa shape index (κ3) is 4.83. The van der Waals surface area contributed by atoms with Gasteiger partial charge in [-0.2, -0.15) is 10.2 Å². The highest BCUT2D eigenvalue weighted by Crippen LogP contribution is 2.32. The molecule has 0 spiro atoms. The Morgan fingerprint density at radius 1 is 1.03 bits per heavy atom. The number of carbonyl (C=O) groups is 1. The number of amides is 1. The minimum Gasteiger partial charge on any atom is -0.493 e. The SMILES string of the molecule is COc1cc(-c2cc(C(=O)NN=Cc3c(C)[nH]c4ccccc34)[nH]n2)ccc1OCc1ccccc1. The molecule has 8 nitrogen and oxygen atoms in total. The van der Waals surface area contributed by atoms with E-state index in [0.717, 1.165) is 33.3 Å². The molecule has 8 heteroatoms. The average Bonchev–Trinajstić information content (AvgIpc) is 3.53. The van der Waals surface area contributed by atoms with Gasteiger partial charge >= 0.3 is 0 Å². The Balaban J connectivity index is 1.26. The van der Waals surface area contributed by atoms with E-state index in [4.69, 9.17) is 9.47 Å². The summed E-state index contributed by atoms with van der Waals surface area (Å²) in [5.41, 5.74) is 8.23. The summed E-state index contributed by atoms with van der Waals surface area (Å²) in [4.78, 5) is 15.9. The molecule has 180 valence electrons. The largest absolute Gasteiger partial charge is 0.493 e. The van der Waals surface area contributed by atoms with E-state index in [-0.39, 0.29) is 0 Å². The summed E-state index contributed by atoms with van der Waals surface area (Å²) in [5.74, 6) is 0.814. The number of aromatic nitrogens is 3. The van der Waals surface area contributed by atoms with Crippen molar-refractivity contribution in [3.8, 4) is 22.8 Å². The molecule has 0 aliphatic heterocycles. The van der Waals surface area contributed by atoms with Gasteiger partial charge in [0.1, 0.15) is 12.3 Å². The van der Waals surface area contributed by atoms with E-state index in [1.807, 2.05) is 79.7 Å². The van der Waals surface area contributed by atoms with Gasteiger partial charge in [-0.3, -0.25) is 9.89 Å². The van der Waals surface area contributed by atoms with Crippen LogP contribution in [0.2, 0.25) is 0 Å². The lowest BCUT2D eigenvalue weighted by Crippen LogP contribution is -2.18. The molecule has 0 atom stereocenters. The fraction of sp³-hybridized carbons (Fsp3) is 0.107. The van der Waals surface area contributed by atoms with E-state index >= 15 is 0 Å². The molecule has 0 radical (unpaired) electrons. The number of aromatic amines is 2. The van der Waals surface area contributed by atoms with Crippen molar-refractivity contribution < 1.29 is 14.3 Å². The van der Waals surface area contributed by atoms with Crippen molar-refractivity contribution in [2.45, 2.75) is 13.5 Å². The topological polar surface area (TPSA) is 104 Å². The van der Waals surface area contributed by atoms with Gasteiger partial charge in [0.2, 0.25) is 0 Å². The first-order valence-electron chi connectivity index (χ1n) is 11.4. The standard InChI is InChI=1S/C28H25N5O3/c1-18-22(21-10-6-7-11-23(21)30-18)16-29-33-28(34)25-15-24(31-32-25)20-12-13-26(27(14-20)35-2)36-17-19-8-4-3-5-9-19/h3-16,30H,17H2,1-2H3,(H,31,32)(H,33,34). The summed E-state index contributed by atoms with van der Waals surface area (Å²) in [5, 5.41) is 12.2. The second-order valence-corrected chi connectivity index (χ2v) is 8.22. The Morgan fingerprint density at radius 3 is 2.67 bits per heavy atom. The first kappa shape index (κ1) is 22.9. The lowest BCUT2D eigenvalue weighted by atomic mass is 10.1. The highest BCUT2D eigenvalue weighted by atomic mass is 16.5. The number of hydrazone groups is 1. The van der Waals surface area contributed by atoms with Crippen LogP contribution in [0.4, 0.5) is 0 Å². The predicted octanol–water partition coefficient (Wildman–Crippen LogP) is 5.22. The maximum absolute atomic E-state index is 12.6. The number of carbonyl (C=O) groups excluding carboxylic acids is 1. The van der Waals surface area contributed by atoms with Crippen LogP contribution in [-0.2, 0) is 6.61 Å². The zero-order valence-electron chi connectivity index (χ0n) is 19.9. The molecule has 0 aliphatic carbocycles. The molecule has 3 aromatic carbocycles. The van der Waals surface area contributed by atoms with E-state index in [2.05, 4.69) is 25.7 Å². The molecule has 0 aliphatic rings. The summed E-state index contributed by atoms with van der Waals surface area (Å²) < 4.78 is 11.4. The monoisotopic (exact) mass is 479 g/mol. The lowest BCUT2D eigenvalue weighted by molar-refractivity contribution is 0.0950. The number of hydrogen-bond acceptors (Lipinski definition) is 5. The molecule has 0 unspecified atom stereocenters. The molecule has 0 saturated heterocycles. The van der Waals surface area contributed by atoms with Crippen molar-refractivity contribution in [1.82, 2.24) is 20.6 Å². The van der Waals surface area contributed by atoms with Crippen LogP contribution in [0, 0.1) is 6.92 Å². The highest BCUT2D eigenvalue weighted by molar-refractivity contribution is 6.01. The zero-order valence-corrected chi connectivity index (χ0v) is 19.9. The second kappa shape index (κ2) is 10.2. The molecule has 2 aromatic heterocycles. The summed E-state index contributed by atoms with van der Waals surface area (Å²) in [6, 6.07) is 25.1. The fourth-order valence-electron chi connectivity index (χ4n) is 3.95. The van der Waals surface area contributed by atoms with Gasteiger partial charge in [-0.15, -0.1) is 0 Å². The molecular weight excluding hydrogens is 454 g/mol. The Hall–Kier alpha value is -4.85. The molecule has 1 amide bonds. The quantitative estimate of drug-likeness (QED) is 0.210. The molecule has 36 heavy (non-hydrogen) atoms. The minimum atomic E-state index is -0.391. The second-order valence-electron chi connectivity index (χ2n) is 8.22. The number of nitrogens with one attached hydrogen (secondary N) is 3. The van der Waals surface area contributed by atoms with Gasteiger partial charge in [0.25, 0.3) is 5.91 Å². The maximum atomic E-state index is 12.6. The average molecular weight is 480 g/mol. The fourth-order valence-corrected chi connectivity index (χ4v) is 3.95. The summed E-state index contributed by atoms with van der Waals surface area (Å²) >= 11 is 0. The summed E-state index contributed by atoms with van der Waals surface area (Å²) in [6.07, 6.45) is 1.64. The summed E-state index contributed by atoms with van der Waals surface area (Å²) in [6.45, 7) is 2.40. The number of ether oxygens (including phenoxy) is 2. The van der Waals surface area contributed by atoms with E-state index in [1.54, 1.807) is 19.4 Å². The molecule has 0 bridgehead atoms. The Morgan fingerprint density at radius 2 is 1.83 bits per heavy atom. The van der Waals surface area contributed by atoms with Crippen molar-refractivity contribution in [3.63, 3.8) is 0 Å². The van der Waals surface area contributed by atoms with Crippen molar-refractivity contribution in [2.75, 3.05) is 7.11 Å². The van der Waals surface area contributed by atoms with Gasteiger partial charge in [-0.25, -0.2) is 5.43 Å². The van der Waals surface area contributed by atoms with Crippen LogP contribution in [0.25, 0.3) is 22.2 Å². The van der Waals surface area contributed by atoms with E-state index in [1.165, 1.54) is 0 Å². The van der Waals surface area contributed by atoms with Crippen LogP contribution in [0.15, 0.2) is 84.0 Å². The number of hydrogen-bond donors (Lipinski definition) is 3. The zero-order chi connectivity index (χ0) is 24.9. The molecule has 0 fully saturated rings. The van der Waals surface area contributed by atoms with Crippen molar-refractivity contribution >= 4 is 23.0 Å². The van der Waals surface area contributed by atoms with Gasteiger partial charge in [0.15, 0.2) is 11.5 Å². The van der Waals surface area contributed by atoms with E-state index < -0.39 is 5.91 Å². The molecule has 3 N–H and O–H groups in total. The molecule has 2 heterocycles. The Kier molecular flexibility index (Phi) is 6.48. The molecular formula is C28H25N5O3. The third-order valence-electron chi connectivity index (χ3n) is 5.82. The van der Waals surface area contributed by atoms with Crippen molar-refractivity contribution in [1.29, 1.82) is 0 Å². The van der Waals surface area contributed by atoms with E-state index in [9.17, 15) is 4.79 Å². The summed E-state index contributed by atoms with van der Waals surface area (Å²) in [7, 11) is 1.59.